The van der Waals surface area contributed by atoms with Gasteiger partial charge in [0.25, 0.3) is 6.02 Å². The quantitative estimate of drug-likeness (QED) is 0.746. The molecule has 1 aromatic carbocycles. The largest absolute Gasteiger partial charge is 0.463 e. The normalized spacial score (nSPS) is 14.9. The molecule has 0 aromatic heterocycles. The Kier molecular flexibility index (Phi) is 2.30. The topological polar surface area (TPSA) is 33.6 Å². The van der Waals surface area contributed by atoms with Crippen LogP contribution in [-0.2, 0) is 4.74 Å². The highest BCUT2D eigenvalue weighted by atomic mass is 19.1. The summed E-state index contributed by atoms with van der Waals surface area (Å²) in [4.78, 5) is 3.92. The number of nitrogens with one attached hydrogen (secondary N) is 1. The Hall–Kier alpha value is -1.65. The second kappa shape index (κ2) is 3.61. The maximum absolute atomic E-state index is 13.1. The van der Waals surface area contributed by atoms with Crippen molar-refractivity contribution in [3.05, 3.63) is 29.8 Å². The maximum atomic E-state index is 13.1. The van der Waals surface area contributed by atoms with E-state index in [0.29, 0.717) is 13.2 Å². The predicted octanol–water partition coefficient (Wildman–Crippen LogP) is 1.76. The maximum Gasteiger partial charge on any atom is 0.289 e. The molecule has 0 aliphatic carbocycles. The van der Waals surface area contributed by atoms with E-state index in [-0.39, 0.29) is 11.7 Å². The second-order valence-electron chi connectivity index (χ2n) is 2.78. The van der Waals surface area contributed by atoms with Gasteiger partial charge in [-0.05, 0) is 12.1 Å². The van der Waals surface area contributed by atoms with Crippen LogP contribution in [-0.4, -0.2) is 19.2 Å². The van der Waals surface area contributed by atoms with Gasteiger partial charge in [0.1, 0.15) is 18.2 Å². The fraction of sp³-hybridized carbons (Fsp3) is 0.222. The monoisotopic (exact) mass is 198 g/mol. The molecule has 0 unspecified atom stereocenters. The number of hydrogen-bond acceptors (Lipinski definition) is 3. The highest BCUT2D eigenvalue weighted by Gasteiger charge is 2.10. The molecule has 0 atom stereocenters. The van der Waals surface area contributed by atoms with Gasteiger partial charge in [0.15, 0.2) is 0 Å². The van der Waals surface area contributed by atoms with Crippen molar-refractivity contribution in [3.8, 4) is 0 Å². The lowest BCUT2D eigenvalue weighted by molar-refractivity contribution is 0.346. The number of nitrogens with zero attached hydrogens (tertiary/aromatic N) is 1. The molecule has 2 rings (SSSR count). The lowest BCUT2D eigenvalue weighted by Crippen LogP contribution is -2.12. The number of halogens is 2. The van der Waals surface area contributed by atoms with Gasteiger partial charge in [0.05, 0.1) is 12.2 Å². The zero-order valence-corrected chi connectivity index (χ0v) is 7.26. The van der Waals surface area contributed by atoms with Gasteiger partial charge >= 0.3 is 0 Å². The molecule has 0 saturated carbocycles. The predicted molar refractivity (Wildman–Crippen MR) is 48.2 cm³/mol. The van der Waals surface area contributed by atoms with Gasteiger partial charge in [-0.2, -0.15) is 0 Å². The van der Waals surface area contributed by atoms with Crippen molar-refractivity contribution in [2.45, 2.75) is 0 Å². The Bertz CT molecular complexity index is 379. The van der Waals surface area contributed by atoms with Crippen molar-refractivity contribution in [3.63, 3.8) is 0 Å². The van der Waals surface area contributed by atoms with Gasteiger partial charge in [0.2, 0.25) is 0 Å². The van der Waals surface area contributed by atoms with Crippen LogP contribution in [0.2, 0.25) is 0 Å². The Morgan fingerprint density at radius 2 is 2.21 bits per heavy atom. The summed E-state index contributed by atoms with van der Waals surface area (Å²) in [6.45, 7) is 1.05. The number of anilines is 1. The molecule has 0 spiro atoms. The summed E-state index contributed by atoms with van der Waals surface area (Å²) < 4.78 is 30.6. The van der Waals surface area contributed by atoms with Crippen molar-refractivity contribution in [1.82, 2.24) is 0 Å². The smallest absolute Gasteiger partial charge is 0.289 e. The minimum atomic E-state index is -0.664. The van der Waals surface area contributed by atoms with Crippen molar-refractivity contribution in [2.75, 3.05) is 18.5 Å². The highest BCUT2D eigenvalue weighted by molar-refractivity contribution is 5.89. The summed E-state index contributed by atoms with van der Waals surface area (Å²) in [6, 6.07) is 3.55. The zero-order chi connectivity index (χ0) is 9.97. The third-order valence-electron chi connectivity index (χ3n) is 1.76. The van der Waals surface area contributed by atoms with Gasteiger partial charge in [-0.1, -0.05) is 0 Å². The van der Waals surface area contributed by atoms with E-state index in [2.05, 4.69) is 10.3 Å². The number of hydrogen-bond donors (Lipinski definition) is 1. The van der Waals surface area contributed by atoms with E-state index in [9.17, 15) is 8.78 Å². The van der Waals surface area contributed by atoms with E-state index in [1.54, 1.807) is 0 Å². The number of aliphatic imine (C=N–C) groups is 1. The molecule has 5 heteroatoms. The highest BCUT2D eigenvalue weighted by Crippen LogP contribution is 2.15. The Balaban J connectivity index is 2.16. The number of amidine groups is 1. The minimum absolute atomic E-state index is 0.159. The summed E-state index contributed by atoms with van der Waals surface area (Å²) in [6.07, 6.45) is 0. The van der Waals surface area contributed by atoms with Crippen molar-refractivity contribution in [2.24, 2.45) is 4.99 Å². The first-order valence-corrected chi connectivity index (χ1v) is 4.15. The van der Waals surface area contributed by atoms with Crippen LogP contribution >= 0.6 is 0 Å². The standard InChI is InChI=1S/C9H8F2N2O/c10-6-1-2-8(7(11)5-6)13-9-12-3-4-14-9/h1-2,5H,3-4H2,(H,12,13). The molecular formula is C9H8F2N2O. The van der Waals surface area contributed by atoms with E-state index in [1.165, 1.54) is 12.1 Å². The van der Waals surface area contributed by atoms with Crippen molar-refractivity contribution < 1.29 is 13.5 Å². The first kappa shape index (κ1) is 8.93. The summed E-state index contributed by atoms with van der Waals surface area (Å²) in [5, 5.41) is 2.62. The van der Waals surface area contributed by atoms with E-state index in [0.717, 1.165) is 6.07 Å². The molecule has 0 amide bonds. The van der Waals surface area contributed by atoms with Gasteiger partial charge in [-0.3, -0.25) is 0 Å². The van der Waals surface area contributed by atoms with Crippen molar-refractivity contribution >= 4 is 11.7 Å². The van der Waals surface area contributed by atoms with Crippen LogP contribution in [0.5, 0.6) is 0 Å². The molecule has 1 heterocycles. The van der Waals surface area contributed by atoms with Crippen LogP contribution in [0.25, 0.3) is 0 Å². The average Bonchev–Trinajstić information content (AvgIpc) is 2.62. The molecule has 1 aromatic rings. The SMILES string of the molecule is Fc1ccc(NC2=NCCO2)c(F)c1. The van der Waals surface area contributed by atoms with Crippen LogP contribution in [0, 0.1) is 11.6 Å². The first-order valence-electron chi connectivity index (χ1n) is 4.15. The molecular weight excluding hydrogens is 190 g/mol. The van der Waals surface area contributed by atoms with Gasteiger partial charge < -0.3 is 10.1 Å². The van der Waals surface area contributed by atoms with Crippen LogP contribution in [0.3, 0.4) is 0 Å². The summed E-state index contributed by atoms with van der Waals surface area (Å²) in [7, 11) is 0. The van der Waals surface area contributed by atoms with E-state index in [1.807, 2.05) is 0 Å². The Labute approximate surface area is 79.4 Å². The van der Waals surface area contributed by atoms with E-state index < -0.39 is 11.6 Å². The lowest BCUT2D eigenvalue weighted by atomic mass is 10.3. The molecule has 1 aliphatic rings. The van der Waals surface area contributed by atoms with E-state index in [4.69, 9.17) is 4.74 Å². The summed E-state index contributed by atoms with van der Waals surface area (Å²) in [5.74, 6) is -1.27. The van der Waals surface area contributed by atoms with Crippen molar-refractivity contribution in [1.29, 1.82) is 0 Å². The molecule has 1 N–H and O–H groups in total. The number of benzene rings is 1. The third-order valence-corrected chi connectivity index (χ3v) is 1.76. The van der Waals surface area contributed by atoms with E-state index >= 15 is 0 Å². The van der Waals surface area contributed by atoms with Crippen LogP contribution in [0.15, 0.2) is 23.2 Å². The molecule has 3 nitrogen and oxygen atoms in total. The second-order valence-corrected chi connectivity index (χ2v) is 2.78. The van der Waals surface area contributed by atoms with Crippen LogP contribution in [0.4, 0.5) is 14.5 Å². The molecule has 74 valence electrons. The van der Waals surface area contributed by atoms with Gasteiger partial charge in [-0.15, -0.1) is 0 Å². The first-order chi connectivity index (χ1) is 6.75. The summed E-state index contributed by atoms with van der Waals surface area (Å²) in [5.41, 5.74) is 0.159. The molecule has 0 fully saturated rings. The Morgan fingerprint density at radius 1 is 1.36 bits per heavy atom. The molecule has 0 saturated heterocycles. The number of rotatable bonds is 1. The van der Waals surface area contributed by atoms with Gasteiger partial charge in [0, 0.05) is 6.07 Å². The zero-order valence-electron chi connectivity index (χ0n) is 7.26. The minimum Gasteiger partial charge on any atom is -0.463 e. The fourth-order valence-corrected chi connectivity index (χ4v) is 1.12. The summed E-state index contributed by atoms with van der Waals surface area (Å²) >= 11 is 0. The van der Waals surface area contributed by atoms with Gasteiger partial charge in [-0.25, -0.2) is 13.8 Å². The van der Waals surface area contributed by atoms with Crippen LogP contribution < -0.4 is 5.32 Å². The average molecular weight is 198 g/mol. The number of ether oxygens (including phenoxy) is 1. The van der Waals surface area contributed by atoms with Crippen LogP contribution in [0.1, 0.15) is 0 Å². The molecule has 14 heavy (non-hydrogen) atoms. The fourth-order valence-electron chi connectivity index (χ4n) is 1.12. The Morgan fingerprint density at radius 3 is 2.86 bits per heavy atom. The third kappa shape index (κ3) is 1.81. The molecule has 0 radical (unpaired) electrons. The lowest BCUT2D eigenvalue weighted by Gasteiger charge is -2.06. The molecule has 0 bridgehead atoms. The molecule has 1 aliphatic heterocycles.